The van der Waals surface area contributed by atoms with Crippen LogP contribution in [0.1, 0.15) is 30.6 Å². The largest absolute Gasteiger partial charge is 0.408 e. The number of halogens is 5. The third-order valence-corrected chi connectivity index (χ3v) is 4.43. The van der Waals surface area contributed by atoms with Crippen LogP contribution >= 0.6 is 15.9 Å². The molecule has 0 saturated heterocycles. The minimum Gasteiger partial charge on any atom is -0.374 e. The van der Waals surface area contributed by atoms with Crippen molar-refractivity contribution in [2.45, 2.75) is 32.5 Å². The lowest BCUT2D eigenvalue weighted by atomic mass is 10.0. The van der Waals surface area contributed by atoms with Crippen LogP contribution in [0, 0.1) is 11.7 Å². The van der Waals surface area contributed by atoms with Crippen LogP contribution in [0.3, 0.4) is 0 Å². The fourth-order valence-corrected chi connectivity index (χ4v) is 2.93. The van der Waals surface area contributed by atoms with Crippen LogP contribution in [0.25, 0.3) is 0 Å². The van der Waals surface area contributed by atoms with Gasteiger partial charge in [-0.3, -0.25) is 4.79 Å². The maximum absolute atomic E-state index is 13.4. The predicted octanol–water partition coefficient (Wildman–Crippen LogP) is 6.23. The molecule has 0 saturated carbocycles. The molecule has 8 heteroatoms. The lowest BCUT2D eigenvalue weighted by molar-refractivity contribution is -0.145. The van der Waals surface area contributed by atoms with Crippen molar-refractivity contribution in [1.29, 1.82) is 0 Å². The van der Waals surface area contributed by atoms with E-state index in [1.165, 1.54) is 30.3 Å². The van der Waals surface area contributed by atoms with Crippen molar-refractivity contribution in [3.05, 3.63) is 58.3 Å². The van der Waals surface area contributed by atoms with Crippen molar-refractivity contribution >= 4 is 33.2 Å². The molecule has 0 aliphatic carbocycles. The highest BCUT2D eigenvalue weighted by atomic mass is 79.9. The van der Waals surface area contributed by atoms with E-state index in [4.69, 9.17) is 0 Å². The molecule has 146 valence electrons. The molecule has 0 fully saturated rings. The first-order chi connectivity index (χ1) is 12.6. The Kier molecular flexibility index (Phi) is 6.86. The van der Waals surface area contributed by atoms with Crippen molar-refractivity contribution in [2.24, 2.45) is 5.92 Å². The molecule has 0 heterocycles. The molecule has 0 aliphatic rings. The minimum atomic E-state index is -4.39. The van der Waals surface area contributed by atoms with Gasteiger partial charge in [0.2, 0.25) is 0 Å². The molecule has 0 bridgehead atoms. The average Bonchev–Trinajstić information content (AvgIpc) is 2.55. The van der Waals surface area contributed by atoms with Crippen molar-refractivity contribution in [3.8, 4) is 0 Å². The number of amides is 1. The molecule has 1 unspecified atom stereocenters. The Balaban J connectivity index is 2.17. The van der Waals surface area contributed by atoms with Gasteiger partial charge in [-0.2, -0.15) is 13.2 Å². The summed E-state index contributed by atoms with van der Waals surface area (Å²) in [5.74, 6) is -1.29. The number of anilines is 2. The van der Waals surface area contributed by atoms with E-state index < -0.39 is 23.9 Å². The first-order valence-electron chi connectivity index (χ1n) is 8.26. The number of benzene rings is 2. The first kappa shape index (κ1) is 21.2. The Morgan fingerprint density at radius 2 is 1.78 bits per heavy atom. The molecule has 3 nitrogen and oxygen atoms in total. The molecular weight excluding hydrogens is 428 g/mol. The number of rotatable bonds is 6. The molecule has 0 aromatic heterocycles. The summed E-state index contributed by atoms with van der Waals surface area (Å²) in [5, 5.41) is 5.04. The summed E-state index contributed by atoms with van der Waals surface area (Å²) in [5.41, 5.74) is 0.613. The molecule has 2 N–H and O–H groups in total. The maximum Gasteiger partial charge on any atom is 0.408 e. The number of carbonyl (C=O) groups is 1. The smallest absolute Gasteiger partial charge is 0.374 e. The van der Waals surface area contributed by atoms with E-state index in [0.29, 0.717) is 10.2 Å². The van der Waals surface area contributed by atoms with Crippen LogP contribution in [-0.2, 0) is 0 Å². The number of nitrogens with one attached hydrogen (secondary N) is 2. The normalized spacial score (nSPS) is 12.7. The zero-order chi connectivity index (χ0) is 20.2. The summed E-state index contributed by atoms with van der Waals surface area (Å²) in [6, 6.07) is 7.96. The third-order valence-electron chi connectivity index (χ3n) is 3.74. The van der Waals surface area contributed by atoms with Crippen LogP contribution in [0.5, 0.6) is 0 Å². The summed E-state index contributed by atoms with van der Waals surface area (Å²) < 4.78 is 53.4. The van der Waals surface area contributed by atoms with Crippen molar-refractivity contribution < 1.29 is 22.4 Å². The molecule has 27 heavy (non-hydrogen) atoms. The third kappa shape index (κ3) is 6.23. The van der Waals surface area contributed by atoms with Gasteiger partial charge in [0.15, 0.2) is 0 Å². The Morgan fingerprint density at radius 1 is 1.11 bits per heavy atom. The van der Waals surface area contributed by atoms with Crippen molar-refractivity contribution in [3.63, 3.8) is 0 Å². The molecule has 0 radical (unpaired) electrons. The SMILES string of the molecule is CC(C)CC(Nc1cccc(NC(=O)c2cc(F)ccc2Br)c1)C(F)(F)F. The molecule has 2 rings (SSSR count). The van der Waals surface area contributed by atoms with Gasteiger partial charge < -0.3 is 10.6 Å². The van der Waals surface area contributed by atoms with Crippen LogP contribution in [0.2, 0.25) is 0 Å². The quantitative estimate of drug-likeness (QED) is 0.516. The van der Waals surface area contributed by atoms with Crippen LogP contribution in [-0.4, -0.2) is 18.1 Å². The van der Waals surface area contributed by atoms with E-state index in [0.717, 1.165) is 6.07 Å². The second-order valence-electron chi connectivity index (χ2n) is 6.53. The highest BCUT2D eigenvalue weighted by Crippen LogP contribution is 2.29. The van der Waals surface area contributed by atoms with Gasteiger partial charge in [-0.25, -0.2) is 4.39 Å². The van der Waals surface area contributed by atoms with Gasteiger partial charge in [0.05, 0.1) is 5.56 Å². The molecular formula is C19H19BrF4N2O. The number of alkyl halides is 3. The summed E-state index contributed by atoms with van der Waals surface area (Å²) in [4.78, 5) is 12.3. The van der Waals surface area contributed by atoms with Gasteiger partial charge in [0.1, 0.15) is 11.9 Å². The Labute approximate surface area is 163 Å². The summed E-state index contributed by atoms with van der Waals surface area (Å²) in [7, 11) is 0. The first-order valence-corrected chi connectivity index (χ1v) is 9.05. The van der Waals surface area contributed by atoms with Crippen molar-refractivity contribution in [1.82, 2.24) is 0 Å². The van der Waals surface area contributed by atoms with Gasteiger partial charge in [-0.15, -0.1) is 0 Å². The lowest BCUT2D eigenvalue weighted by Crippen LogP contribution is -2.37. The van der Waals surface area contributed by atoms with Gasteiger partial charge in [-0.05, 0) is 64.7 Å². The topological polar surface area (TPSA) is 41.1 Å². The second kappa shape index (κ2) is 8.73. The molecule has 2 aromatic rings. The van der Waals surface area contributed by atoms with E-state index >= 15 is 0 Å². The van der Waals surface area contributed by atoms with E-state index in [-0.39, 0.29) is 23.6 Å². The number of carbonyl (C=O) groups excluding carboxylic acids is 1. The van der Waals surface area contributed by atoms with E-state index in [9.17, 15) is 22.4 Å². The Morgan fingerprint density at radius 3 is 2.41 bits per heavy atom. The molecule has 1 atom stereocenters. The van der Waals surface area contributed by atoms with E-state index in [2.05, 4.69) is 26.6 Å². The lowest BCUT2D eigenvalue weighted by Gasteiger charge is -2.24. The zero-order valence-electron chi connectivity index (χ0n) is 14.7. The van der Waals surface area contributed by atoms with Crippen LogP contribution in [0.4, 0.5) is 28.9 Å². The second-order valence-corrected chi connectivity index (χ2v) is 7.38. The standard InChI is InChI=1S/C19H19BrF4N2O/c1-11(2)8-17(19(22,23)24)25-13-4-3-5-14(10-13)26-18(27)15-9-12(21)6-7-16(15)20/h3-7,9-11,17,25H,8H2,1-2H3,(H,26,27). The number of hydrogen-bond donors (Lipinski definition) is 2. The van der Waals surface area contributed by atoms with Gasteiger partial charge in [-0.1, -0.05) is 19.9 Å². The van der Waals surface area contributed by atoms with Crippen LogP contribution in [0.15, 0.2) is 46.9 Å². The van der Waals surface area contributed by atoms with E-state index in [1.807, 2.05) is 0 Å². The Bertz CT molecular complexity index is 809. The monoisotopic (exact) mass is 446 g/mol. The highest BCUT2D eigenvalue weighted by molar-refractivity contribution is 9.10. The summed E-state index contributed by atoms with van der Waals surface area (Å²) in [6.07, 6.45) is -4.47. The van der Waals surface area contributed by atoms with E-state index in [1.54, 1.807) is 19.9 Å². The van der Waals surface area contributed by atoms with Crippen LogP contribution < -0.4 is 10.6 Å². The van der Waals surface area contributed by atoms with Crippen molar-refractivity contribution in [2.75, 3.05) is 10.6 Å². The number of hydrogen-bond acceptors (Lipinski definition) is 2. The molecule has 2 aromatic carbocycles. The fraction of sp³-hybridized carbons (Fsp3) is 0.316. The molecule has 0 aliphatic heterocycles. The van der Waals surface area contributed by atoms with Gasteiger partial charge >= 0.3 is 6.18 Å². The van der Waals surface area contributed by atoms with Gasteiger partial charge in [0.25, 0.3) is 5.91 Å². The molecule has 0 spiro atoms. The fourth-order valence-electron chi connectivity index (χ4n) is 2.50. The average molecular weight is 447 g/mol. The predicted molar refractivity (Wildman–Crippen MR) is 101 cm³/mol. The highest BCUT2D eigenvalue weighted by Gasteiger charge is 2.39. The molecule has 1 amide bonds. The summed E-state index contributed by atoms with van der Waals surface area (Å²) >= 11 is 3.17. The zero-order valence-corrected chi connectivity index (χ0v) is 16.3. The Hall–Kier alpha value is -2.09. The summed E-state index contributed by atoms with van der Waals surface area (Å²) in [6.45, 7) is 3.43. The minimum absolute atomic E-state index is 0.0731. The maximum atomic E-state index is 13.4. The van der Waals surface area contributed by atoms with Gasteiger partial charge in [0, 0.05) is 15.8 Å².